The third-order valence-electron chi connectivity index (χ3n) is 4.03. The first kappa shape index (κ1) is 21.6. The summed E-state index contributed by atoms with van der Waals surface area (Å²) in [5, 5.41) is 3.13. The molecule has 0 aliphatic heterocycles. The molecular weight excluding hydrogens is 405 g/mol. The van der Waals surface area contributed by atoms with Crippen LogP contribution in [0.4, 0.5) is 16.0 Å². The van der Waals surface area contributed by atoms with Gasteiger partial charge in [-0.25, -0.2) is 22.9 Å². The first-order chi connectivity index (χ1) is 14.3. The lowest BCUT2D eigenvalue weighted by molar-refractivity contribution is 0.412. The molecule has 0 spiro atoms. The molecule has 1 atom stereocenters. The lowest BCUT2D eigenvalue weighted by Gasteiger charge is -2.11. The molecule has 30 heavy (non-hydrogen) atoms. The smallest absolute Gasteiger partial charge is 0.230 e. The Kier molecular flexibility index (Phi) is 6.61. The van der Waals surface area contributed by atoms with Crippen LogP contribution in [0.2, 0.25) is 0 Å². The standard InChI is InChI=1S/C21H24FN5O2S/c1-14(2)27-30(4,28)12-15-6-5-7-17(10-15)25-21-24-13-23-20(26-21)18-9-8-16(22)11-19(18)29-3/h5-11,13-14H,12H2,1-4H3,(H,23,24,25,26). The van der Waals surface area contributed by atoms with Crippen molar-refractivity contribution >= 4 is 21.4 Å². The zero-order valence-corrected chi connectivity index (χ0v) is 18.1. The summed E-state index contributed by atoms with van der Waals surface area (Å²) in [7, 11) is -0.856. The van der Waals surface area contributed by atoms with Crippen molar-refractivity contribution in [1.82, 2.24) is 15.0 Å². The van der Waals surface area contributed by atoms with Gasteiger partial charge in [0.25, 0.3) is 0 Å². The molecule has 0 saturated carbocycles. The van der Waals surface area contributed by atoms with Crippen LogP contribution in [0.15, 0.2) is 53.2 Å². The van der Waals surface area contributed by atoms with E-state index in [9.17, 15) is 8.60 Å². The maximum Gasteiger partial charge on any atom is 0.230 e. The van der Waals surface area contributed by atoms with E-state index in [2.05, 4.69) is 24.6 Å². The van der Waals surface area contributed by atoms with Crippen molar-refractivity contribution < 1.29 is 13.3 Å². The van der Waals surface area contributed by atoms with Crippen molar-refractivity contribution in [3.05, 3.63) is 60.2 Å². The third-order valence-corrected chi connectivity index (χ3v) is 5.76. The van der Waals surface area contributed by atoms with Gasteiger partial charge in [-0.2, -0.15) is 4.98 Å². The van der Waals surface area contributed by atoms with E-state index in [1.807, 2.05) is 38.1 Å². The largest absolute Gasteiger partial charge is 0.496 e. The quantitative estimate of drug-likeness (QED) is 0.597. The number of nitrogens with zero attached hydrogens (tertiary/aromatic N) is 4. The van der Waals surface area contributed by atoms with Crippen LogP contribution < -0.4 is 10.1 Å². The Morgan fingerprint density at radius 1 is 1.20 bits per heavy atom. The number of rotatable bonds is 7. The number of hydrogen-bond donors (Lipinski definition) is 1. The molecule has 1 N–H and O–H groups in total. The van der Waals surface area contributed by atoms with E-state index in [1.54, 1.807) is 12.3 Å². The summed E-state index contributed by atoms with van der Waals surface area (Å²) in [6, 6.07) is 11.7. The summed E-state index contributed by atoms with van der Waals surface area (Å²) in [5.74, 6) is 0.966. The summed E-state index contributed by atoms with van der Waals surface area (Å²) >= 11 is 0. The van der Waals surface area contributed by atoms with Gasteiger partial charge in [-0.05, 0) is 43.7 Å². The molecule has 2 aromatic carbocycles. The van der Waals surface area contributed by atoms with Gasteiger partial charge in [-0.3, -0.25) is 0 Å². The molecule has 0 radical (unpaired) electrons. The van der Waals surface area contributed by atoms with Crippen molar-refractivity contribution in [1.29, 1.82) is 0 Å². The molecule has 0 bridgehead atoms. The second-order valence-corrected chi connectivity index (χ2v) is 9.52. The van der Waals surface area contributed by atoms with Crippen LogP contribution in [-0.4, -0.2) is 38.6 Å². The minimum Gasteiger partial charge on any atom is -0.496 e. The van der Waals surface area contributed by atoms with Gasteiger partial charge in [0.2, 0.25) is 5.95 Å². The van der Waals surface area contributed by atoms with E-state index in [0.717, 1.165) is 11.3 Å². The Bertz CT molecular complexity index is 1160. The monoisotopic (exact) mass is 429 g/mol. The van der Waals surface area contributed by atoms with Crippen LogP contribution >= 0.6 is 0 Å². The van der Waals surface area contributed by atoms with Crippen LogP contribution in [0.3, 0.4) is 0 Å². The zero-order chi connectivity index (χ0) is 21.7. The van der Waals surface area contributed by atoms with Gasteiger partial charge in [0.1, 0.15) is 17.9 Å². The number of anilines is 2. The molecule has 158 valence electrons. The number of benzene rings is 2. The molecule has 0 aliphatic rings. The van der Waals surface area contributed by atoms with Gasteiger partial charge >= 0.3 is 0 Å². The molecule has 1 unspecified atom stereocenters. The van der Waals surface area contributed by atoms with Crippen molar-refractivity contribution in [2.45, 2.75) is 25.6 Å². The molecule has 1 heterocycles. The minimum absolute atomic E-state index is 0.0101. The Balaban J connectivity index is 1.85. The molecule has 9 heteroatoms. The average Bonchev–Trinajstić information content (AvgIpc) is 2.67. The Hall–Kier alpha value is -3.07. The highest BCUT2D eigenvalue weighted by Crippen LogP contribution is 2.28. The second kappa shape index (κ2) is 9.17. The Morgan fingerprint density at radius 3 is 2.73 bits per heavy atom. The Morgan fingerprint density at radius 2 is 2.00 bits per heavy atom. The normalized spacial score (nSPS) is 13.0. The topological polar surface area (TPSA) is 89.4 Å². The SMILES string of the molecule is COc1cc(F)ccc1-c1ncnc(Nc2cccc(CS(C)(=O)=NC(C)C)c2)n1. The van der Waals surface area contributed by atoms with Crippen molar-refractivity contribution in [2.75, 3.05) is 18.7 Å². The zero-order valence-electron chi connectivity index (χ0n) is 17.3. The average molecular weight is 430 g/mol. The van der Waals surface area contributed by atoms with E-state index in [-0.39, 0.29) is 6.04 Å². The number of halogens is 1. The summed E-state index contributed by atoms with van der Waals surface area (Å²) in [4.78, 5) is 12.7. The van der Waals surface area contributed by atoms with Crippen LogP contribution in [0.5, 0.6) is 5.75 Å². The predicted molar refractivity (Wildman–Crippen MR) is 117 cm³/mol. The summed E-state index contributed by atoms with van der Waals surface area (Å²) in [6.45, 7) is 3.82. The number of nitrogens with one attached hydrogen (secondary N) is 1. The van der Waals surface area contributed by atoms with Crippen molar-refractivity contribution in [3.63, 3.8) is 0 Å². The first-order valence-corrected chi connectivity index (χ1v) is 11.4. The van der Waals surface area contributed by atoms with E-state index >= 15 is 0 Å². The van der Waals surface area contributed by atoms with Crippen molar-refractivity contribution in [2.24, 2.45) is 4.36 Å². The molecule has 1 aromatic heterocycles. The predicted octanol–water partition coefficient (Wildman–Crippen LogP) is 4.44. The van der Waals surface area contributed by atoms with Crippen LogP contribution in [0.1, 0.15) is 19.4 Å². The fourth-order valence-corrected chi connectivity index (χ4v) is 4.76. The second-order valence-electron chi connectivity index (χ2n) is 7.11. The van der Waals surface area contributed by atoms with Gasteiger partial charge in [0.05, 0.1) is 24.5 Å². The van der Waals surface area contributed by atoms with Crippen LogP contribution in [0.25, 0.3) is 11.4 Å². The minimum atomic E-state index is -2.32. The van der Waals surface area contributed by atoms with Gasteiger partial charge < -0.3 is 10.1 Å². The van der Waals surface area contributed by atoms with E-state index in [4.69, 9.17) is 4.74 Å². The van der Waals surface area contributed by atoms with Gasteiger partial charge in [0, 0.05) is 27.7 Å². The number of ether oxygens (including phenoxy) is 1. The Labute approximate surface area is 176 Å². The summed E-state index contributed by atoms with van der Waals surface area (Å²) < 4.78 is 35.7. The van der Waals surface area contributed by atoms with E-state index in [1.165, 1.54) is 25.6 Å². The van der Waals surface area contributed by atoms with Gasteiger partial charge in [-0.1, -0.05) is 12.1 Å². The molecular formula is C21H24FN5O2S. The lowest BCUT2D eigenvalue weighted by Crippen LogP contribution is -2.06. The van der Waals surface area contributed by atoms with Crippen LogP contribution in [0, 0.1) is 5.82 Å². The lowest BCUT2D eigenvalue weighted by atomic mass is 10.2. The molecule has 3 rings (SSSR count). The van der Waals surface area contributed by atoms with Crippen molar-refractivity contribution in [3.8, 4) is 17.1 Å². The molecule has 0 fully saturated rings. The maximum absolute atomic E-state index is 13.5. The van der Waals surface area contributed by atoms with E-state index in [0.29, 0.717) is 28.8 Å². The number of hydrogen-bond acceptors (Lipinski definition) is 7. The molecule has 7 nitrogen and oxygen atoms in total. The maximum atomic E-state index is 13.5. The number of methoxy groups -OCH3 is 1. The van der Waals surface area contributed by atoms with E-state index < -0.39 is 15.5 Å². The summed E-state index contributed by atoms with van der Waals surface area (Å²) in [5.41, 5.74) is 2.20. The van der Waals surface area contributed by atoms with Gasteiger partial charge in [0.15, 0.2) is 5.82 Å². The highest BCUT2D eigenvalue weighted by molar-refractivity contribution is 7.92. The third kappa shape index (κ3) is 5.73. The summed E-state index contributed by atoms with van der Waals surface area (Å²) in [6.07, 6.45) is 3.04. The molecule has 0 saturated heterocycles. The highest BCUT2D eigenvalue weighted by atomic mass is 32.2. The first-order valence-electron chi connectivity index (χ1n) is 9.33. The molecule has 3 aromatic rings. The fraction of sp³-hybridized carbons (Fsp3) is 0.286. The van der Waals surface area contributed by atoms with Gasteiger partial charge in [-0.15, -0.1) is 0 Å². The fourth-order valence-electron chi connectivity index (χ4n) is 3.00. The number of aromatic nitrogens is 3. The molecule has 0 amide bonds. The van der Waals surface area contributed by atoms with Crippen LogP contribution in [-0.2, 0) is 15.5 Å². The molecule has 0 aliphatic carbocycles. The highest BCUT2D eigenvalue weighted by Gasteiger charge is 2.12.